The highest BCUT2D eigenvalue weighted by atomic mass is 79.9. The summed E-state index contributed by atoms with van der Waals surface area (Å²) in [5, 5.41) is 15.6. The van der Waals surface area contributed by atoms with Gasteiger partial charge in [0, 0.05) is 15.6 Å². The van der Waals surface area contributed by atoms with Crippen molar-refractivity contribution in [2.24, 2.45) is 10.3 Å². The van der Waals surface area contributed by atoms with Gasteiger partial charge >= 0.3 is 0 Å². The molecule has 2 N–H and O–H groups in total. The fourth-order valence-electron chi connectivity index (χ4n) is 1.64. The average Bonchev–Trinajstić information content (AvgIpc) is 2.52. The van der Waals surface area contributed by atoms with Gasteiger partial charge in [-0.05, 0) is 18.2 Å². The summed E-state index contributed by atoms with van der Waals surface area (Å²) in [5.74, 6) is -0.351. The molecule has 0 radical (unpaired) electrons. The molecule has 0 aromatic heterocycles. The lowest BCUT2D eigenvalue weighted by Gasteiger charge is -2.03. The summed E-state index contributed by atoms with van der Waals surface area (Å²) in [6.45, 7) is 0. The van der Waals surface area contributed by atoms with E-state index in [1.54, 1.807) is 30.3 Å². The van der Waals surface area contributed by atoms with Crippen molar-refractivity contribution in [3.63, 3.8) is 0 Å². The summed E-state index contributed by atoms with van der Waals surface area (Å²) in [4.78, 5) is 12.0. The largest absolute Gasteiger partial charge is 0.411 e. The number of nitrogens with zero attached hydrogens (tertiary/aromatic N) is 2. The number of nitrogens with one attached hydrogen (secondary N) is 1. The Morgan fingerprint density at radius 1 is 1.10 bits per heavy atom. The topological polar surface area (TPSA) is 74.0 Å². The molecule has 2 rings (SSSR count). The maximum absolute atomic E-state index is 12.0. The van der Waals surface area contributed by atoms with Crippen molar-refractivity contribution in [3.8, 4) is 0 Å². The molecule has 0 bridgehead atoms. The van der Waals surface area contributed by atoms with Gasteiger partial charge < -0.3 is 5.21 Å². The zero-order valence-corrected chi connectivity index (χ0v) is 12.5. The average molecular weight is 346 g/mol. The normalized spacial score (nSPS) is 11.6. The first-order valence-electron chi connectivity index (χ1n) is 6.07. The number of hydrogen-bond donors (Lipinski definition) is 2. The first-order chi connectivity index (χ1) is 10.2. The van der Waals surface area contributed by atoms with Crippen LogP contribution in [-0.4, -0.2) is 23.0 Å². The molecular formula is C15H12BrN3O2. The molecule has 21 heavy (non-hydrogen) atoms. The number of rotatable bonds is 4. The summed E-state index contributed by atoms with van der Waals surface area (Å²) in [5.41, 5.74) is 3.98. The molecule has 0 fully saturated rings. The zero-order valence-electron chi connectivity index (χ0n) is 10.9. The van der Waals surface area contributed by atoms with Crippen LogP contribution in [0.5, 0.6) is 0 Å². The molecule has 0 saturated carbocycles. The summed E-state index contributed by atoms with van der Waals surface area (Å²) in [6, 6.07) is 16.1. The van der Waals surface area contributed by atoms with Crippen LogP contribution >= 0.6 is 15.9 Å². The minimum Gasteiger partial charge on any atom is -0.411 e. The van der Waals surface area contributed by atoms with Gasteiger partial charge in [-0.25, -0.2) is 5.43 Å². The number of benzene rings is 2. The van der Waals surface area contributed by atoms with Crippen LogP contribution in [0.25, 0.3) is 0 Å². The molecule has 5 nitrogen and oxygen atoms in total. The van der Waals surface area contributed by atoms with Crippen LogP contribution in [-0.2, 0) is 0 Å². The first-order valence-corrected chi connectivity index (χ1v) is 6.86. The molecule has 0 atom stereocenters. The zero-order chi connectivity index (χ0) is 15.1. The van der Waals surface area contributed by atoms with Gasteiger partial charge in [-0.1, -0.05) is 57.5 Å². The SMILES string of the molecule is O=C(N/N=C(\C=N\O)c1ccccc1)c1cccc(Br)c1. The van der Waals surface area contributed by atoms with Crippen LogP contribution in [0.1, 0.15) is 15.9 Å². The second-order valence-electron chi connectivity index (χ2n) is 4.06. The molecule has 0 aliphatic carbocycles. The molecule has 0 unspecified atom stereocenters. The van der Waals surface area contributed by atoms with E-state index in [2.05, 4.69) is 31.6 Å². The third-order valence-electron chi connectivity index (χ3n) is 2.61. The molecule has 6 heteroatoms. The van der Waals surface area contributed by atoms with E-state index >= 15 is 0 Å². The quantitative estimate of drug-likeness (QED) is 0.507. The third-order valence-corrected chi connectivity index (χ3v) is 3.11. The van der Waals surface area contributed by atoms with Crippen LogP contribution in [0.15, 0.2) is 69.3 Å². The minimum absolute atomic E-state index is 0.349. The molecule has 0 aliphatic heterocycles. The van der Waals surface area contributed by atoms with E-state index < -0.39 is 0 Å². The highest BCUT2D eigenvalue weighted by Gasteiger charge is 2.06. The van der Waals surface area contributed by atoms with Crippen LogP contribution in [0.4, 0.5) is 0 Å². The van der Waals surface area contributed by atoms with E-state index in [0.29, 0.717) is 11.3 Å². The van der Waals surface area contributed by atoms with Crippen LogP contribution in [0, 0.1) is 0 Å². The van der Waals surface area contributed by atoms with Crippen molar-refractivity contribution in [1.29, 1.82) is 0 Å². The van der Waals surface area contributed by atoms with E-state index in [9.17, 15) is 4.79 Å². The summed E-state index contributed by atoms with van der Waals surface area (Å²) >= 11 is 3.30. The van der Waals surface area contributed by atoms with E-state index in [4.69, 9.17) is 5.21 Å². The van der Waals surface area contributed by atoms with Crippen LogP contribution in [0.2, 0.25) is 0 Å². The number of amides is 1. The Morgan fingerprint density at radius 3 is 2.48 bits per heavy atom. The molecule has 1 amide bonds. The van der Waals surface area contributed by atoms with E-state index in [1.807, 2.05) is 24.3 Å². The van der Waals surface area contributed by atoms with Crippen molar-refractivity contribution in [1.82, 2.24) is 5.43 Å². The Labute approximate surface area is 130 Å². The summed E-state index contributed by atoms with van der Waals surface area (Å²) in [6.07, 6.45) is 1.16. The molecule has 0 aliphatic rings. The van der Waals surface area contributed by atoms with Gasteiger partial charge in [-0.3, -0.25) is 4.79 Å². The van der Waals surface area contributed by atoms with Gasteiger partial charge in [0.15, 0.2) is 0 Å². The lowest BCUT2D eigenvalue weighted by molar-refractivity contribution is 0.0955. The number of carbonyl (C=O) groups excluding carboxylic acids is 1. The predicted octanol–water partition coefficient (Wildman–Crippen LogP) is 3.04. The van der Waals surface area contributed by atoms with E-state index in [1.165, 1.54) is 0 Å². The standard InChI is InChI=1S/C15H12BrN3O2/c16-13-8-4-7-12(9-13)15(20)19-18-14(10-17-21)11-5-2-1-3-6-11/h1-10,21H,(H,19,20)/b17-10+,18-14+. The molecule has 2 aromatic carbocycles. The predicted molar refractivity (Wildman–Crippen MR) is 84.9 cm³/mol. The van der Waals surface area contributed by atoms with E-state index in [0.717, 1.165) is 16.3 Å². The highest BCUT2D eigenvalue weighted by Crippen LogP contribution is 2.11. The number of oxime groups is 1. The second-order valence-corrected chi connectivity index (χ2v) is 4.97. The summed E-state index contributed by atoms with van der Waals surface area (Å²) in [7, 11) is 0. The van der Waals surface area contributed by atoms with Crippen molar-refractivity contribution in [2.75, 3.05) is 0 Å². The number of carbonyl (C=O) groups is 1. The van der Waals surface area contributed by atoms with Crippen molar-refractivity contribution >= 4 is 33.8 Å². The number of halogens is 1. The molecule has 2 aromatic rings. The third kappa shape index (κ3) is 4.25. The van der Waals surface area contributed by atoms with Crippen molar-refractivity contribution in [2.45, 2.75) is 0 Å². The molecule has 0 spiro atoms. The first kappa shape index (κ1) is 14.9. The Kier molecular flexibility index (Phi) is 5.22. The Hall–Kier alpha value is -2.47. The Bertz CT molecular complexity index is 684. The van der Waals surface area contributed by atoms with E-state index in [-0.39, 0.29) is 5.91 Å². The van der Waals surface area contributed by atoms with Crippen LogP contribution < -0.4 is 5.43 Å². The maximum atomic E-state index is 12.0. The fraction of sp³-hybridized carbons (Fsp3) is 0. The number of hydrogen-bond acceptors (Lipinski definition) is 4. The number of hydrazone groups is 1. The molecule has 106 valence electrons. The van der Waals surface area contributed by atoms with Gasteiger partial charge in [0.1, 0.15) is 5.71 Å². The van der Waals surface area contributed by atoms with Gasteiger partial charge in [-0.2, -0.15) is 5.10 Å². The Balaban J connectivity index is 2.19. The van der Waals surface area contributed by atoms with Crippen molar-refractivity contribution < 1.29 is 10.0 Å². The van der Waals surface area contributed by atoms with Gasteiger partial charge in [0.05, 0.1) is 6.21 Å². The van der Waals surface area contributed by atoms with Gasteiger partial charge in [0.2, 0.25) is 0 Å². The lowest BCUT2D eigenvalue weighted by Crippen LogP contribution is -2.20. The van der Waals surface area contributed by atoms with Crippen LogP contribution in [0.3, 0.4) is 0 Å². The monoisotopic (exact) mass is 345 g/mol. The maximum Gasteiger partial charge on any atom is 0.271 e. The molecule has 0 heterocycles. The molecular weight excluding hydrogens is 334 g/mol. The van der Waals surface area contributed by atoms with Gasteiger partial charge in [-0.15, -0.1) is 0 Å². The second kappa shape index (κ2) is 7.35. The highest BCUT2D eigenvalue weighted by molar-refractivity contribution is 9.10. The smallest absolute Gasteiger partial charge is 0.271 e. The lowest BCUT2D eigenvalue weighted by atomic mass is 10.1. The summed E-state index contributed by atoms with van der Waals surface area (Å²) < 4.78 is 0.805. The molecule has 0 saturated heterocycles. The fourth-order valence-corrected chi connectivity index (χ4v) is 2.04. The Morgan fingerprint density at radius 2 is 1.81 bits per heavy atom. The minimum atomic E-state index is -0.351. The van der Waals surface area contributed by atoms with Crippen molar-refractivity contribution in [3.05, 3.63) is 70.2 Å². The van der Waals surface area contributed by atoms with Gasteiger partial charge in [0.25, 0.3) is 5.91 Å².